The summed E-state index contributed by atoms with van der Waals surface area (Å²) in [5, 5.41) is 16.1. The quantitative estimate of drug-likeness (QED) is 0.420. The molecule has 2 aromatic carbocycles. The summed E-state index contributed by atoms with van der Waals surface area (Å²) in [5.74, 6) is -0.127. The SMILES string of the molecule is O=C(NC(c1ccccc1)c1cc(=NO)cccn1)C1CCCC(OCc2ccccc2)C1. The van der Waals surface area contributed by atoms with E-state index < -0.39 is 6.04 Å². The molecule has 4 rings (SSSR count). The van der Waals surface area contributed by atoms with Crippen LogP contribution in [-0.4, -0.2) is 22.2 Å². The first-order valence-electron chi connectivity index (χ1n) is 11.4. The fourth-order valence-electron chi connectivity index (χ4n) is 4.28. The van der Waals surface area contributed by atoms with E-state index in [0.717, 1.165) is 30.4 Å². The molecule has 0 bridgehead atoms. The minimum Gasteiger partial charge on any atom is -0.410 e. The van der Waals surface area contributed by atoms with E-state index in [9.17, 15) is 10.0 Å². The zero-order valence-corrected chi connectivity index (χ0v) is 18.5. The van der Waals surface area contributed by atoms with Gasteiger partial charge in [-0.15, -0.1) is 0 Å². The number of carbonyl (C=O) groups is 1. The van der Waals surface area contributed by atoms with Gasteiger partial charge in [-0.1, -0.05) is 72.2 Å². The minimum absolute atomic E-state index is 0.00680. The van der Waals surface area contributed by atoms with Crippen LogP contribution in [0.15, 0.2) is 90.2 Å². The highest BCUT2D eigenvalue weighted by Crippen LogP contribution is 2.29. The molecule has 1 fully saturated rings. The number of hydrogen-bond donors (Lipinski definition) is 2. The number of benzene rings is 2. The maximum Gasteiger partial charge on any atom is 0.224 e. The van der Waals surface area contributed by atoms with Crippen molar-refractivity contribution in [1.29, 1.82) is 0 Å². The lowest BCUT2D eigenvalue weighted by Crippen LogP contribution is -2.38. The van der Waals surface area contributed by atoms with Crippen molar-refractivity contribution in [3.63, 3.8) is 0 Å². The molecule has 2 N–H and O–H groups in total. The maximum absolute atomic E-state index is 13.3. The van der Waals surface area contributed by atoms with E-state index >= 15 is 0 Å². The summed E-state index contributed by atoms with van der Waals surface area (Å²) in [6.07, 6.45) is 5.17. The number of ether oxygens (including phenoxy) is 1. The lowest BCUT2D eigenvalue weighted by Gasteiger charge is -2.30. The molecule has 1 amide bonds. The van der Waals surface area contributed by atoms with Crippen LogP contribution in [0.3, 0.4) is 0 Å². The second kappa shape index (κ2) is 11.4. The van der Waals surface area contributed by atoms with Gasteiger partial charge in [0.25, 0.3) is 0 Å². The van der Waals surface area contributed by atoms with Crippen LogP contribution in [0.2, 0.25) is 0 Å². The molecule has 3 unspecified atom stereocenters. The minimum atomic E-state index is -0.447. The third-order valence-corrected chi connectivity index (χ3v) is 6.03. The average Bonchev–Trinajstić information content (AvgIpc) is 3.13. The smallest absolute Gasteiger partial charge is 0.224 e. The fourth-order valence-corrected chi connectivity index (χ4v) is 4.28. The van der Waals surface area contributed by atoms with Crippen molar-refractivity contribution >= 4 is 5.91 Å². The van der Waals surface area contributed by atoms with Crippen molar-refractivity contribution in [2.24, 2.45) is 11.1 Å². The van der Waals surface area contributed by atoms with Crippen LogP contribution in [0.5, 0.6) is 0 Å². The Morgan fingerprint density at radius 3 is 2.58 bits per heavy atom. The van der Waals surface area contributed by atoms with Crippen LogP contribution < -0.4 is 10.7 Å². The molecule has 6 heteroatoms. The van der Waals surface area contributed by atoms with Gasteiger partial charge >= 0.3 is 0 Å². The summed E-state index contributed by atoms with van der Waals surface area (Å²) in [5.41, 5.74) is 2.67. The van der Waals surface area contributed by atoms with Crippen LogP contribution in [-0.2, 0) is 16.1 Å². The van der Waals surface area contributed by atoms with Crippen molar-refractivity contribution in [1.82, 2.24) is 10.3 Å². The molecular weight excluding hydrogens is 414 g/mol. The van der Waals surface area contributed by atoms with Gasteiger partial charge in [-0.25, -0.2) is 0 Å². The summed E-state index contributed by atoms with van der Waals surface area (Å²) < 4.78 is 6.13. The zero-order chi connectivity index (χ0) is 22.9. The molecule has 1 heterocycles. The third-order valence-electron chi connectivity index (χ3n) is 6.03. The van der Waals surface area contributed by atoms with E-state index in [0.29, 0.717) is 24.1 Å². The van der Waals surface area contributed by atoms with E-state index in [1.165, 1.54) is 0 Å². The van der Waals surface area contributed by atoms with Crippen molar-refractivity contribution in [2.75, 3.05) is 0 Å². The zero-order valence-electron chi connectivity index (χ0n) is 18.5. The molecule has 0 aliphatic heterocycles. The number of nitrogens with one attached hydrogen (secondary N) is 1. The van der Waals surface area contributed by atoms with Crippen LogP contribution in [0.25, 0.3) is 0 Å². The van der Waals surface area contributed by atoms with Crippen molar-refractivity contribution < 1.29 is 14.7 Å². The average molecular weight is 444 g/mol. The number of hydrogen-bond acceptors (Lipinski definition) is 5. The first-order chi connectivity index (χ1) is 16.2. The second-order valence-electron chi connectivity index (χ2n) is 8.37. The molecule has 0 radical (unpaired) electrons. The van der Waals surface area contributed by atoms with Crippen LogP contribution in [0, 0.1) is 5.92 Å². The number of nitrogens with zero attached hydrogens (tertiary/aromatic N) is 2. The number of amides is 1. The molecule has 3 atom stereocenters. The second-order valence-corrected chi connectivity index (χ2v) is 8.37. The Balaban J connectivity index is 1.48. The summed E-state index contributed by atoms with van der Waals surface area (Å²) >= 11 is 0. The molecule has 6 nitrogen and oxygen atoms in total. The largest absolute Gasteiger partial charge is 0.410 e. The highest BCUT2D eigenvalue weighted by molar-refractivity contribution is 5.79. The van der Waals surface area contributed by atoms with E-state index in [4.69, 9.17) is 4.74 Å². The van der Waals surface area contributed by atoms with E-state index in [1.807, 2.05) is 48.5 Å². The van der Waals surface area contributed by atoms with Gasteiger partial charge in [0, 0.05) is 12.1 Å². The molecule has 0 saturated heterocycles. The summed E-state index contributed by atoms with van der Waals surface area (Å²) in [6, 6.07) is 24.4. The Hall–Kier alpha value is -3.51. The Labute approximate surface area is 194 Å². The lowest BCUT2D eigenvalue weighted by atomic mass is 9.86. The van der Waals surface area contributed by atoms with Crippen molar-refractivity contribution in [3.05, 3.63) is 107 Å². The molecule has 1 saturated carbocycles. The predicted octanol–water partition coefficient (Wildman–Crippen LogP) is 4.35. The van der Waals surface area contributed by atoms with Gasteiger partial charge in [-0.3, -0.25) is 9.78 Å². The lowest BCUT2D eigenvalue weighted by molar-refractivity contribution is -0.128. The van der Waals surface area contributed by atoms with Gasteiger partial charge in [-0.05, 0) is 48.6 Å². The van der Waals surface area contributed by atoms with Gasteiger partial charge in [-0.2, -0.15) is 0 Å². The van der Waals surface area contributed by atoms with Crippen molar-refractivity contribution in [2.45, 2.75) is 44.4 Å². The third kappa shape index (κ3) is 6.26. The standard InChI is InChI=1S/C27H29N3O3/c31-27(22-13-7-15-24(17-22)33-19-20-9-3-1-4-10-20)29-26(21-11-5-2-6-12-21)25-18-23(30-32)14-8-16-28-25/h1-6,8-12,14,16,18,22,24,26,32H,7,13,15,17,19H2,(H,29,31). The molecule has 33 heavy (non-hydrogen) atoms. The first-order valence-corrected chi connectivity index (χ1v) is 11.4. The molecular formula is C27H29N3O3. The Bertz CT molecular complexity index is 1110. The number of rotatable bonds is 7. The molecule has 0 spiro atoms. The van der Waals surface area contributed by atoms with Gasteiger partial charge in [0.15, 0.2) is 0 Å². The van der Waals surface area contributed by atoms with Crippen LogP contribution in [0.1, 0.15) is 48.5 Å². The highest BCUT2D eigenvalue weighted by Gasteiger charge is 2.30. The summed E-state index contributed by atoms with van der Waals surface area (Å²) in [7, 11) is 0. The van der Waals surface area contributed by atoms with E-state index in [-0.39, 0.29) is 17.9 Å². The predicted molar refractivity (Wildman–Crippen MR) is 125 cm³/mol. The van der Waals surface area contributed by atoms with E-state index in [1.54, 1.807) is 24.4 Å². The Kier molecular flexibility index (Phi) is 7.82. The van der Waals surface area contributed by atoms with Gasteiger partial charge in [0.1, 0.15) is 5.36 Å². The molecule has 1 aromatic heterocycles. The van der Waals surface area contributed by atoms with Gasteiger partial charge < -0.3 is 15.3 Å². The highest BCUT2D eigenvalue weighted by atomic mass is 16.5. The molecule has 1 aliphatic rings. The van der Waals surface area contributed by atoms with Gasteiger partial charge in [0.05, 0.1) is 24.4 Å². The summed E-state index contributed by atoms with van der Waals surface area (Å²) in [6.45, 7) is 0.560. The monoisotopic (exact) mass is 443 g/mol. The van der Waals surface area contributed by atoms with Gasteiger partial charge in [0.2, 0.25) is 5.91 Å². The molecule has 3 aromatic rings. The topological polar surface area (TPSA) is 83.8 Å². The summed E-state index contributed by atoms with van der Waals surface area (Å²) in [4.78, 5) is 17.8. The fraction of sp³-hybridized carbons (Fsp3) is 0.296. The van der Waals surface area contributed by atoms with Crippen molar-refractivity contribution in [3.8, 4) is 0 Å². The first kappa shape index (κ1) is 22.7. The van der Waals surface area contributed by atoms with Crippen LogP contribution in [0.4, 0.5) is 0 Å². The van der Waals surface area contributed by atoms with Crippen LogP contribution >= 0.6 is 0 Å². The Morgan fingerprint density at radius 1 is 1.06 bits per heavy atom. The molecule has 1 aliphatic carbocycles. The Morgan fingerprint density at radius 2 is 1.82 bits per heavy atom. The molecule has 170 valence electrons. The van der Waals surface area contributed by atoms with E-state index in [2.05, 4.69) is 27.6 Å². The number of carbonyl (C=O) groups excluding carboxylic acids is 1. The number of aromatic nitrogens is 1. The normalized spacial score (nSPS) is 19.6. The maximum atomic E-state index is 13.3.